The molecule has 72 valence electrons. The molecule has 1 rings (SSSR count). The van der Waals surface area contributed by atoms with E-state index in [1.807, 2.05) is 0 Å². The first-order valence-electron chi connectivity index (χ1n) is 4.06. The quantitative estimate of drug-likeness (QED) is 0.778. The zero-order chi connectivity index (χ0) is 10.6. The SMILES string of the molecule is Cc1ccc(NC(=O)CC#N)cc1F. The minimum absolute atomic E-state index is 0.227. The fraction of sp³-hybridized carbons (Fsp3) is 0.200. The molecule has 0 fully saturated rings. The van der Waals surface area contributed by atoms with E-state index in [9.17, 15) is 9.18 Å². The number of rotatable bonds is 2. The van der Waals surface area contributed by atoms with Crippen LogP contribution >= 0.6 is 0 Å². The Morgan fingerprint density at radius 1 is 1.64 bits per heavy atom. The van der Waals surface area contributed by atoms with Gasteiger partial charge >= 0.3 is 0 Å². The molecule has 3 nitrogen and oxygen atoms in total. The van der Waals surface area contributed by atoms with Gasteiger partial charge in [-0.1, -0.05) is 6.07 Å². The van der Waals surface area contributed by atoms with Crippen LogP contribution in [0.2, 0.25) is 0 Å². The minimum Gasteiger partial charge on any atom is -0.325 e. The number of amides is 1. The second kappa shape index (κ2) is 4.38. The lowest BCUT2D eigenvalue weighted by molar-refractivity contribution is -0.115. The molecule has 1 aromatic carbocycles. The van der Waals surface area contributed by atoms with Gasteiger partial charge in [-0.15, -0.1) is 0 Å². The molecule has 14 heavy (non-hydrogen) atoms. The molecule has 0 aliphatic rings. The summed E-state index contributed by atoms with van der Waals surface area (Å²) in [5.41, 5.74) is 0.886. The number of anilines is 1. The Bertz CT molecular complexity index is 396. The zero-order valence-electron chi connectivity index (χ0n) is 7.67. The molecule has 4 heteroatoms. The highest BCUT2D eigenvalue weighted by molar-refractivity contribution is 5.91. The van der Waals surface area contributed by atoms with Crippen molar-refractivity contribution < 1.29 is 9.18 Å². The van der Waals surface area contributed by atoms with Crippen molar-refractivity contribution in [3.05, 3.63) is 29.6 Å². The maximum atomic E-state index is 13.0. The number of hydrogen-bond acceptors (Lipinski definition) is 2. The highest BCUT2D eigenvalue weighted by Gasteiger charge is 2.03. The molecule has 0 unspecified atom stereocenters. The summed E-state index contributed by atoms with van der Waals surface area (Å²) in [6.45, 7) is 1.64. The van der Waals surface area contributed by atoms with Crippen LogP contribution in [-0.4, -0.2) is 5.91 Å². The highest BCUT2D eigenvalue weighted by atomic mass is 19.1. The van der Waals surface area contributed by atoms with E-state index in [-0.39, 0.29) is 12.2 Å². The van der Waals surface area contributed by atoms with Gasteiger partial charge in [-0.3, -0.25) is 4.79 Å². The van der Waals surface area contributed by atoms with E-state index in [4.69, 9.17) is 5.26 Å². The van der Waals surface area contributed by atoms with Crippen LogP contribution in [0.1, 0.15) is 12.0 Å². The maximum Gasteiger partial charge on any atom is 0.238 e. The predicted octanol–water partition coefficient (Wildman–Crippen LogP) is 1.99. The van der Waals surface area contributed by atoms with Crippen molar-refractivity contribution >= 4 is 11.6 Å². The van der Waals surface area contributed by atoms with Crippen molar-refractivity contribution in [2.24, 2.45) is 0 Å². The molecule has 1 aromatic rings. The van der Waals surface area contributed by atoms with Gasteiger partial charge in [0.15, 0.2) is 0 Å². The number of nitriles is 1. The highest BCUT2D eigenvalue weighted by Crippen LogP contribution is 2.13. The molecule has 0 atom stereocenters. The number of carbonyl (C=O) groups excluding carboxylic acids is 1. The summed E-state index contributed by atoms with van der Waals surface area (Å²) in [5.74, 6) is -0.810. The van der Waals surface area contributed by atoms with Gasteiger partial charge in [0.25, 0.3) is 0 Å². The molecule has 0 bridgehead atoms. The Hall–Kier alpha value is -1.89. The van der Waals surface area contributed by atoms with Gasteiger partial charge in [-0.25, -0.2) is 4.39 Å². The van der Waals surface area contributed by atoms with E-state index < -0.39 is 5.91 Å². The zero-order valence-corrected chi connectivity index (χ0v) is 7.67. The molecule has 0 aromatic heterocycles. The molecular weight excluding hydrogens is 183 g/mol. The second-order valence-electron chi connectivity index (χ2n) is 2.85. The Morgan fingerprint density at radius 3 is 2.93 bits per heavy atom. The summed E-state index contributed by atoms with van der Waals surface area (Å²) in [4.78, 5) is 11.0. The average Bonchev–Trinajstić information content (AvgIpc) is 2.12. The molecule has 1 N–H and O–H groups in total. The number of carbonyl (C=O) groups is 1. The summed E-state index contributed by atoms with van der Waals surface area (Å²) in [6.07, 6.45) is -0.227. The maximum absolute atomic E-state index is 13.0. The normalized spacial score (nSPS) is 9.21. The third-order valence-corrected chi connectivity index (χ3v) is 1.70. The molecule has 0 heterocycles. The lowest BCUT2D eigenvalue weighted by Crippen LogP contribution is -2.10. The Kier molecular flexibility index (Phi) is 3.19. The molecule has 0 spiro atoms. The topological polar surface area (TPSA) is 52.9 Å². The third kappa shape index (κ3) is 2.56. The summed E-state index contributed by atoms with van der Waals surface area (Å²) >= 11 is 0. The monoisotopic (exact) mass is 192 g/mol. The number of aryl methyl sites for hydroxylation is 1. The van der Waals surface area contributed by atoms with E-state index in [0.29, 0.717) is 11.3 Å². The van der Waals surface area contributed by atoms with Crippen molar-refractivity contribution in [3.8, 4) is 6.07 Å². The first kappa shape index (κ1) is 10.2. The molecular formula is C10H9FN2O. The van der Waals surface area contributed by atoms with Crippen molar-refractivity contribution in [3.63, 3.8) is 0 Å². The lowest BCUT2D eigenvalue weighted by Gasteiger charge is -2.03. The summed E-state index contributed by atoms with van der Waals surface area (Å²) in [7, 11) is 0. The molecule has 0 saturated carbocycles. The number of hydrogen-bond donors (Lipinski definition) is 1. The van der Waals surface area contributed by atoms with E-state index in [1.54, 1.807) is 25.1 Å². The van der Waals surface area contributed by atoms with Crippen LogP contribution in [0.3, 0.4) is 0 Å². The van der Waals surface area contributed by atoms with Crippen LogP contribution in [0.5, 0.6) is 0 Å². The fourth-order valence-corrected chi connectivity index (χ4v) is 0.948. The third-order valence-electron chi connectivity index (χ3n) is 1.70. The van der Waals surface area contributed by atoms with E-state index in [1.165, 1.54) is 6.07 Å². The molecule has 0 aliphatic heterocycles. The Labute approximate surface area is 81.2 Å². The van der Waals surface area contributed by atoms with Gasteiger partial charge in [0.1, 0.15) is 12.2 Å². The molecule has 0 aliphatic carbocycles. The van der Waals surface area contributed by atoms with Crippen LogP contribution in [0.25, 0.3) is 0 Å². The van der Waals surface area contributed by atoms with Crippen LogP contribution in [0.15, 0.2) is 18.2 Å². The molecule has 0 radical (unpaired) electrons. The summed E-state index contributed by atoms with van der Waals surface area (Å²) < 4.78 is 13.0. The number of halogens is 1. The fourth-order valence-electron chi connectivity index (χ4n) is 0.948. The van der Waals surface area contributed by atoms with Crippen molar-refractivity contribution in [2.45, 2.75) is 13.3 Å². The van der Waals surface area contributed by atoms with Gasteiger partial charge in [-0.2, -0.15) is 5.26 Å². The largest absolute Gasteiger partial charge is 0.325 e. The van der Waals surface area contributed by atoms with Crippen LogP contribution in [-0.2, 0) is 4.79 Å². The van der Waals surface area contributed by atoms with Crippen LogP contribution in [0, 0.1) is 24.1 Å². The van der Waals surface area contributed by atoms with Gasteiger partial charge in [0, 0.05) is 5.69 Å². The van der Waals surface area contributed by atoms with Gasteiger partial charge in [-0.05, 0) is 24.6 Å². The number of nitrogens with one attached hydrogen (secondary N) is 1. The van der Waals surface area contributed by atoms with Crippen LogP contribution in [0.4, 0.5) is 10.1 Å². The van der Waals surface area contributed by atoms with E-state index >= 15 is 0 Å². The smallest absolute Gasteiger partial charge is 0.238 e. The minimum atomic E-state index is -0.434. The van der Waals surface area contributed by atoms with Crippen molar-refractivity contribution in [1.82, 2.24) is 0 Å². The standard InChI is InChI=1S/C10H9FN2O/c1-7-2-3-8(6-9(7)11)13-10(14)4-5-12/h2-3,6H,4H2,1H3,(H,13,14). The first-order chi connectivity index (χ1) is 6.63. The Morgan fingerprint density at radius 2 is 2.36 bits per heavy atom. The van der Waals surface area contributed by atoms with E-state index in [2.05, 4.69) is 5.32 Å². The van der Waals surface area contributed by atoms with Gasteiger partial charge < -0.3 is 5.32 Å². The average molecular weight is 192 g/mol. The second-order valence-corrected chi connectivity index (χ2v) is 2.85. The summed E-state index contributed by atoms with van der Waals surface area (Å²) in [6, 6.07) is 6.09. The van der Waals surface area contributed by atoms with E-state index in [0.717, 1.165) is 0 Å². The van der Waals surface area contributed by atoms with Crippen LogP contribution < -0.4 is 5.32 Å². The lowest BCUT2D eigenvalue weighted by atomic mass is 10.2. The number of nitrogens with zero attached hydrogens (tertiary/aromatic N) is 1. The summed E-state index contributed by atoms with van der Waals surface area (Å²) in [5, 5.41) is 10.6. The number of benzene rings is 1. The first-order valence-corrected chi connectivity index (χ1v) is 4.06. The predicted molar refractivity (Wildman–Crippen MR) is 50.0 cm³/mol. The molecule has 1 amide bonds. The van der Waals surface area contributed by atoms with Gasteiger partial charge in [0.2, 0.25) is 5.91 Å². The Balaban J connectivity index is 2.74. The van der Waals surface area contributed by atoms with Crippen molar-refractivity contribution in [1.29, 1.82) is 5.26 Å². The van der Waals surface area contributed by atoms with Crippen molar-refractivity contribution in [2.75, 3.05) is 5.32 Å². The molecule has 0 saturated heterocycles. The van der Waals surface area contributed by atoms with Gasteiger partial charge in [0.05, 0.1) is 6.07 Å².